The first-order chi connectivity index (χ1) is 12.7. The Hall–Kier alpha value is -1.60. The number of oxazole rings is 1. The van der Waals surface area contributed by atoms with Gasteiger partial charge in [0, 0.05) is 17.0 Å². The fourth-order valence-corrected chi connectivity index (χ4v) is 6.45. The third-order valence-corrected chi connectivity index (χ3v) is 7.97. The quantitative estimate of drug-likeness (QED) is 0.836. The van der Waals surface area contributed by atoms with E-state index in [9.17, 15) is 13.2 Å². The van der Waals surface area contributed by atoms with Crippen LogP contribution in [0.5, 0.6) is 0 Å². The molecule has 8 heteroatoms. The van der Waals surface area contributed by atoms with Crippen molar-refractivity contribution in [2.45, 2.75) is 51.0 Å². The maximum absolute atomic E-state index is 12.6. The number of nitrogens with zero attached hydrogens (tertiary/aromatic N) is 1. The molecule has 1 saturated heterocycles. The number of benzene rings is 1. The fourth-order valence-electron chi connectivity index (χ4n) is 4.13. The number of nitrogens with one attached hydrogen (secondary N) is 1. The van der Waals surface area contributed by atoms with Gasteiger partial charge in [0.25, 0.3) is 0 Å². The van der Waals surface area contributed by atoms with Gasteiger partial charge in [0.1, 0.15) is 5.52 Å². The Morgan fingerprint density at radius 3 is 2.70 bits per heavy atom. The largest absolute Gasteiger partial charge is 0.440 e. The second-order valence-electron chi connectivity index (χ2n) is 8.09. The van der Waals surface area contributed by atoms with Crippen LogP contribution >= 0.6 is 11.6 Å². The summed E-state index contributed by atoms with van der Waals surface area (Å²) in [6, 6.07) is 5.49. The van der Waals surface area contributed by atoms with Gasteiger partial charge in [0.05, 0.1) is 16.9 Å². The van der Waals surface area contributed by atoms with Crippen molar-refractivity contribution in [3.8, 4) is 0 Å². The summed E-state index contributed by atoms with van der Waals surface area (Å²) in [6.07, 6.45) is 3.82. The molecule has 1 unspecified atom stereocenters. The molecule has 1 saturated carbocycles. The third-order valence-electron chi connectivity index (χ3n) is 5.83. The van der Waals surface area contributed by atoms with E-state index in [0.29, 0.717) is 11.4 Å². The number of hydrogen-bond donors (Lipinski definition) is 1. The summed E-state index contributed by atoms with van der Waals surface area (Å²) in [5.74, 6) is 0.874. The number of amides is 1. The maximum Gasteiger partial charge on any atom is 0.227 e. The van der Waals surface area contributed by atoms with Gasteiger partial charge in [-0.15, -0.1) is 0 Å². The summed E-state index contributed by atoms with van der Waals surface area (Å²) in [4.78, 5) is 17.2. The summed E-state index contributed by atoms with van der Waals surface area (Å²) >= 11 is 6.00. The molecule has 1 aliphatic heterocycles. The number of aromatic nitrogens is 1. The van der Waals surface area contributed by atoms with E-state index >= 15 is 0 Å². The van der Waals surface area contributed by atoms with Gasteiger partial charge in [0.2, 0.25) is 5.91 Å². The van der Waals surface area contributed by atoms with Crippen LogP contribution in [-0.4, -0.2) is 36.9 Å². The number of carbonyl (C=O) groups excluding carboxylic acids is 1. The summed E-state index contributed by atoms with van der Waals surface area (Å²) in [5, 5.41) is 3.71. The number of sulfone groups is 1. The van der Waals surface area contributed by atoms with E-state index in [0.717, 1.165) is 42.7 Å². The molecule has 0 bridgehead atoms. The first-order valence-electron chi connectivity index (χ1n) is 9.31. The number of carbonyl (C=O) groups is 1. The second kappa shape index (κ2) is 6.78. The van der Waals surface area contributed by atoms with Gasteiger partial charge in [-0.1, -0.05) is 11.6 Å². The minimum absolute atomic E-state index is 0.0490. The molecule has 27 heavy (non-hydrogen) atoms. The van der Waals surface area contributed by atoms with Crippen LogP contribution in [-0.2, 0) is 14.6 Å². The predicted octanol–water partition coefficient (Wildman–Crippen LogP) is 3.45. The van der Waals surface area contributed by atoms with E-state index in [-0.39, 0.29) is 29.4 Å². The van der Waals surface area contributed by atoms with Crippen molar-refractivity contribution in [1.29, 1.82) is 0 Å². The molecule has 2 aliphatic rings. The van der Waals surface area contributed by atoms with Gasteiger partial charge in [-0.2, -0.15) is 0 Å². The highest BCUT2D eigenvalue weighted by Gasteiger charge is 2.44. The van der Waals surface area contributed by atoms with Crippen LogP contribution in [0.25, 0.3) is 11.1 Å². The lowest BCUT2D eigenvalue weighted by Crippen LogP contribution is -2.46. The van der Waals surface area contributed by atoms with Crippen LogP contribution in [0.1, 0.15) is 50.8 Å². The molecule has 1 aliphatic carbocycles. The zero-order chi connectivity index (χ0) is 19.2. The van der Waals surface area contributed by atoms with Crippen molar-refractivity contribution in [2.24, 2.45) is 5.41 Å². The van der Waals surface area contributed by atoms with Gasteiger partial charge in [-0.05, 0) is 57.2 Å². The van der Waals surface area contributed by atoms with E-state index < -0.39 is 15.3 Å². The normalized spacial score (nSPS) is 30.4. The molecule has 146 valence electrons. The Bertz CT molecular complexity index is 979. The summed E-state index contributed by atoms with van der Waals surface area (Å²) in [7, 11) is -3.09. The Kier molecular flexibility index (Phi) is 4.71. The summed E-state index contributed by atoms with van der Waals surface area (Å²) < 4.78 is 29.3. The highest BCUT2D eigenvalue weighted by Crippen LogP contribution is 2.36. The molecule has 0 spiro atoms. The Labute approximate surface area is 163 Å². The number of fused-ring (bicyclic) bond motifs is 1. The van der Waals surface area contributed by atoms with Crippen LogP contribution in [0.15, 0.2) is 22.6 Å². The van der Waals surface area contributed by atoms with E-state index in [1.54, 1.807) is 19.1 Å². The Morgan fingerprint density at radius 2 is 2.04 bits per heavy atom. The van der Waals surface area contributed by atoms with Gasteiger partial charge >= 0.3 is 0 Å². The van der Waals surface area contributed by atoms with Crippen molar-refractivity contribution >= 4 is 38.4 Å². The lowest BCUT2D eigenvalue weighted by atomic mass is 9.84. The van der Waals surface area contributed by atoms with Crippen molar-refractivity contribution in [1.82, 2.24) is 10.3 Å². The standard InChI is InChI=1S/C19H23ClN2O4S/c1-19(8-9-27(24,25)11-19)18(23)21-14-5-2-12(3-6-14)17-22-15-10-13(20)4-7-16(15)26-17/h4,7,10,12,14H,2-3,5-6,8-9,11H2,1H3,(H,21,23). The van der Waals surface area contributed by atoms with E-state index in [2.05, 4.69) is 10.3 Å². The molecule has 1 amide bonds. The predicted molar refractivity (Wildman–Crippen MR) is 104 cm³/mol. The fraction of sp³-hybridized carbons (Fsp3) is 0.579. The van der Waals surface area contributed by atoms with Crippen molar-refractivity contribution in [3.05, 3.63) is 29.1 Å². The van der Waals surface area contributed by atoms with Crippen LogP contribution in [0.3, 0.4) is 0 Å². The van der Waals surface area contributed by atoms with E-state index in [1.165, 1.54) is 0 Å². The van der Waals surface area contributed by atoms with E-state index in [4.69, 9.17) is 16.0 Å². The molecule has 1 aromatic heterocycles. The second-order valence-corrected chi connectivity index (χ2v) is 10.7. The maximum atomic E-state index is 12.6. The number of rotatable bonds is 3. The minimum atomic E-state index is -3.09. The van der Waals surface area contributed by atoms with Crippen molar-refractivity contribution in [2.75, 3.05) is 11.5 Å². The first-order valence-corrected chi connectivity index (χ1v) is 11.5. The van der Waals surface area contributed by atoms with Crippen molar-refractivity contribution in [3.63, 3.8) is 0 Å². The SMILES string of the molecule is CC1(C(=O)NC2CCC(c3nc4cc(Cl)ccc4o3)CC2)CCS(=O)(=O)C1. The molecule has 2 heterocycles. The van der Waals surface area contributed by atoms with Crippen LogP contribution < -0.4 is 5.32 Å². The highest BCUT2D eigenvalue weighted by atomic mass is 35.5. The average molecular weight is 411 g/mol. The van der Waals surface area contributed by atoms with Crippen molar-refractivity contribution < 1.29 is 17.6 Å². The van der Waals surface area contributed by atoms with Gasteiger partial charge in [-0.25, -0.2) is 13.4 Å². The topological polar surface area (TPSA) is 89.3 Å². The molecule has 2 fully saturated rings. The van der Waals surface area contributed by atoms with Crippen LogP contribution in [0.4, 0.5) is 0 Å². The molecular weight excluding hydrogens is 388 g/mol. The molecule has 0 radical (unpaired) electrons. The highest BCUT2D eigenvalue weighted by molar-refractivity contribution is 7.91. The molecule has 2 aromatic rings. The van der Waals surface area contributed by atoms with Crippen LogP contribution in [0, 0.1) is 5.41 Å². The Morgan fingerprint density at radius 1 is 1.30 bits per heavy atom. The molecule has 6 nitrogen and oxygen atoms in total. The minimum Gasteiger partial charge on any atom is -0.440 e. The monoisotopic (exact) mass is 410 g/mol. The summed E-state index contributed by atoms with van der Waals surface area (Å²) in [6.45, 7) is 1.75. The molecule has 1 N–H and O–H groups in total. The molecule has 1 atom stereocenters. The van der Waals surface area contributed by atoms with Gasteiger partial charge in [-0.3, -0.25) is 4.79 Å². The molecule has 1 aromatic carbocycles. The third kappa shape index (κ3) is 3.85. The zero-order valence-electron chi connectivity index (χ0n) is 15.2. The smallest absolute Gasteiger partial charge is 0.227 e. The number of hydrogen-bond acceptors (Lipinski definition) is 5. The van der Waals surface area contributed by atoms with Crippen LogP contribution in [0.2, 0.25) is 5.02 Å². The first kappa shape index (κ1) is 18.7. The molecular formula is C19H23ClN2O4S. The van der Waals surface area contributed by atoms with Gasteiger partial charge < -0.3 is 9.73 Å². The average Bonchev–Trinajstić information content (AvgIpc) is 3.16. The lowest BCUT2D eigenvalue weighted by molar-refractivity contribution is -0.129. The Balaban J connectivity index is 1.36. The lowest BCUT2D eigenvalue weighted by Gasteiger charge is -2.30. The van der Waals surface area contributed by atoms with E-state index in [1.807, 2.05) is 6.07 Å². The number of halogens is 1. The van der Waals surface area contributed by atoms with Gasteiger partial charge in [0.15, 0.2) is 21.3 Å². The molecule has 4 rings (SSSR count). The summed E-state index contributed by atoms with van der Waals surface area (Å²) in [5.41, 5.74) is 0.707. The zero-order valence-corrected chi connectivity index (χ0v) is 16.8.